The molecule has 1 atom stereocenters. The number of nitrogen functional groups attached to an aromatic ring is 1. The summed E-state index contributed by atoms with van der Waals surface area (Å²) in [6.07, 6.45) is 2.58. The van der Waals surface area contributed by atoms with E-state index >= 15 is 0 Å². The Hall–Kier alpha value is -0.720. The molecule has 16 heavy (non-hydrogen) atoms. The summed E-state index contributed by atoms with van der Waals surface area (Å²) in [6, 6.07) is 0.673. The number of hydrazine groups is 1. The molecular weight excluding hydrogens is 222 g/mol. The molecular formula is C10H19N5S. The van der Waals surface area contributed by atoms with E-state index in [1.54, 1.807) is 0 Å². The lowest BCUT2D eigenvalue weighted by Crippen LogP contribution is -2.33. The molecule has 2 rings (SSSR count). The fourth-order valence-electron chi connectivity index (χ4n) is 2.42. The van der Waals surface area contributed by atoms with Crippen LogP contribution in [0.5, 0.6) is 0 Å². The van der Waals surface area contributed by atoms with Gasteiger partial charge in [-0.15, -0.1) is 5.10 Å². The zero-order chi connectivity index (χ0) is 11.5. The Kier molecular flexibility index (Phi) is 3.73. The van der Waals surface area contributed by atoms with E-state index in [1.807, 2.05) is 0 Å². The Balaban J connectivity index is 2.04. The monoisotopic (exact) mass is 241 g/mol. The maximum Gasteiger partial charge on any atom is 0.148 e. The topological polar surface area (TPSA) is 67.1 Å². The van der Waals surface area contributed by atoms with Crippen molar-refractivity contribution in [2.24, 2.45) is 11.8 Å². The van der Waals surface area contributed by atoms with Crippen LogP contribution >= 0.6 is 11.5 Å². The van der Waals surface area contributed by atoms with Crippen LogP contribution in [0.1, 0.15) is 32.4 Å². The number of aromatic nitrogens is 2. The van der Waals surface area contributed by atoms with E-state index in [0.29, 0.717) is 12.0 Å². The van der Waals surface area contributed by atoms with Gasteiger partial charge in [0.25, 0.3) is 0 Å². The average Bonchev–Trinajstić information content (AvgIpc) is 2.86. The Morgan fingerprint density at radius 3 is 3.12 bits per heavy atom. The van der Waals surface area contributed by atoms with Crippen LogP contribution in [0, 0.1) is 5.92 Å². The molecule has 1 aromatic heterocycles. The van der Waals surface area contributed by atoms with Crippen molar-refractivity contribution >= 4 is 16.5 Å². The average molecular weight is 241 g/mol. The normalized spacial score (nSPS) is 21.9. The summed E-state index contributed by atoms with van der Waals surface area (Å²) in [5, 5.41) is 5.01. The van der Waals surface area contributed by atoms with E-state index in [2.05, 4.69) is 33.8 Å². The maximum atomic E-state index is 5.43. The summed E-state index contributed by atoms with van der Waals surface area (Å²) in [4.78, 5) is 2.49. The molecule has 1 aliphatic rings. The van der Waals surface area contributed by atoms with Gasteiger partial charge in [-0.1, -0.05) is 18.3 Å². The first-order valence-corrected chi connectivity index (χ1v) is 6.51. The second-order valence-corrected chi connectivity index (χ2v) is 5.37. The minimum absolute atomic E-state index is 0.673. The molecule has 0 radical (unpaired) electrons. The van der Waals surface area contributed by atoms with Crippen molar-refractivity contribution in [3.8, 4) is 0 Å². The van der Waals surface area contributed by atoms with E-state index in [1.165, 1.54) is 24.4 Å². The van der Waals surface area contributed by atoms with E-state index in [9.17, 15) is 0 Å². The fourth-order valence-corrected chi connectivity index (χ4v) is 2.90. The highest BCUT2D eigenvalue weighted by Gasteiger charge is 2.28. The van der Waals surface area contributed by atoms with Crippen LogP contribution in [0.15, 0.2) is 0 Å². The number of hydrogen-bond acceptors (Lipinski definition) is 6. The van der Waals surface area contributed by atoms with Gasteiger partial charge in [0, 0.05) is 24.1 Å². The van der Waals surface area contributed by atoms with Crippen molar-refractivity contribution in [2.45, 2.75) is 39.3 Å². The molecule has 0 aliphatic carbocycles. The number of rotatable bonds is 4. The lowest BCUT2D eigenvalue weighted by molar-refractivity contribution is 0.197. The fraction of sp³-hybridized carbons (Fsp3) is 0.800. The quantitative estimate of drug-likeness (QED) is 0.617. The summed E-state index contributed by atoms with van der Waals surface area (Å²) < 4.78 is 3.93. The van der Waals surface area contributed by atoms with E-state index in [0.717, 1.165) is 23.8 Å². The van der Waals surface area contributed by atoms with Crippen LogP contribution in [-0.4, -0.2) is 27.1 Å². The van der Waals surface area contributed by atoms with Crippen LogP contribution in [-0.2, 0) is 6.54 Å². The molecule has 0 saturated carbocycles. The van der Waals surface area contributed by atoms with Gasteiger partial charge in [-0.3, -0.25) is 4.90 Å². The summed E-state index contributed by atoms with van der Waals surface area (Å²) in [7, 11) is 0. The largest absolute Gasteiger partial charge is 0.313 e. The number of nitrogens with one attached hydrogen (secondary N) is 1. The lowest BCUT2D eigenvalue weighted by atomic mass is 10.0. The highest BCUT2D eigenvalue weighted by molar-refractivity contribution is 7.10. The van der Waals surface area contributed by atoms with Crippen molar-refractivity contribution in [3.63, 3.8) is 0 Å². The first-order chi connectivity index (χ1) is 7.72. The van der Waals surface area contributed by atoms with Gasteiger partial charge >= 0.3 is 0 Å². The second-order valence-electron chi connectivity index (χ2n) is 4.62. The van der Waals surface area contributed by atoms with Crippen LogP contribution in [0.2, 0.25) is 0 Å². The Labute approximate surface area is 100 Å². The molecule has 2 heterocycles. The molecule has 1 unspecified atom stereocenters. The Morgan fingerprint density at radius 1 is 1.62 bits per heavy atom. The van der Waals surface area contributed by atoms with Crippen molar-refractivity contribution in [3.05, 3.63) is 5.69 Å². The van der Waals surface area contributed by atoms with Crippen molar-refractivity contribution in [2.75, 3.05) is 12.0 Å². The zero-order valence-corrected chi connectivity index (χ0v) is 10.6. The molecule has 1 aromatic rings. The van der Waals surface area contributed by atoms with Gasteiger partial charge in [-0.2, -0.15) is 0 Å². The van der Waals surface area contributed by atoms with Crippen molar-refractivity contribution in [1.29, 1.82) is 0 Å². The molecule has 0 amide bonds. The van der Waals surface area contributed by atoms with Crippen LogP contribution in [0.3, 0.4) is 0 Å². The SMILES string of the molecule is CC(C)C1CCCN1Cc1nnsc1NN. The third kappa shape index (κ3) is 2.34. The highest BCUT2D eigenvalue weighted by atomic mass is 32.1. The zero-order valence-electron chi connectivity index (χ0n) is 9.81. The predicted molar refractivity (Wildman–Crippen MR) is 66.0 cm³/mol. The van der Waals surface area contributed by atoms with E-state index in [-0.39, 0.29) is 0 Å². The summed E-state index contributed by atoms with van der Waals surface area (Å²) in [5.74, 6) is 6.12. The van der Waals surface area contributed by atoms with Gasteiger partial charge in [0.2, 0.25) is 0 Å². The van der Waals surface area contributed by atoms with Crippen LogP contribution in [0.25, 0.3) is 0 Å². The molecule has 1 saturated heterocycles. The molecule has 5 nitrogen and oxygen atoms in total. The van der Waals surface area contributed by atoms with Gasteiger partial charge in [-0.05, 0) is 25.3 Å². The summed E-state index contributed by atoms with van der Waals surface area (Å²) in [5.41, 5.74) is 3.63. The molecule has 0 bridgehead atoms. The number of nitrogens with two attached hydrogens (primary N) is 1. The number of likely N-dealkylation sites (tertiary alicyclic amines) is 1. The Morgan fingerprint density at radius 2 is 2.44 bits per heavy atom. The van der Waals surface area contributed by atoms with Gasteiger partial charge in [-0.25, -0.2) is 5.84 Å². The molecule has 0 spiro atoms. The highest BCUT2D eigenvalue weighted by Crippen LogP contribution is 2.27. The number of anilines is 1. The van der Waals surface area contributed by atoms with Gasteiger partial charge in [0.15, 0.2) is 0 Å². The van der Waals surface area contributed by atoms with Crippen LogP contribution < -0.4 is 11.3 Å². The molecule has 90 valence electrons. The van der Waals surface area contributed by atoms with Gasteiger partial charge in [0.1, 0.15) is 10.7 Å². The van der Waals surface area contributed by atoms with Gasteiger partial charge in [0.05, 0.1) is 0 Å². The smallest absolute Gasteiger partial charge is 0.148 e. The Bertz CT molecular complexity index is 338. The first kappa shape index (κ1) is 11.8. The third-order valence-corrected chi connectivity index (χ3v) is 3.92. The third-order valence-electron chi connectivity index (χ3n) is 3.22. The molecule has 3 N–H and O–H groups in total. The second kappa shape index (κ2) is 5.07. The predicted octanol–water partition coefficient (Wildman–Crippen LogP) is 1.44. The van der Waals surface area contributed by atoms with Crippen LogP contribution in [0.4, 0.5) is 5.00 Å². The number of hydrogen-bond donors (Lipinski definition) is 2. The first-order valence-electron chi connectivity index (χ1n) is 5.74. The standard InChI is InChI=1S/C10H19N5S/c1-7(2)9-4-3-5-15(9)6-8-10(12-11)16-14-13-8/h7,9,12H,3-6,11H2,1-2H3. The summed E-state index contributed by atoms with van der Waals surface area (Å²) >= 11 is 1.32. The molecule has 1 fully saturated rings. The summed E-state index contributed by atoms with van der Waals surface area (Å²) in [6.45, 7) is 6.58. The van der Waals surface area contributed by atoms with Gasteiger partial charge < -0.3 is 5.43 Å². The minimum atomic E-state index is 0.673. The van der Waals surface area contributed by atoms with Crippen molar-refractivity contribution < 1.29 is 0 Å². The molecule has 6 heteroatoms. The van der Waals surface area contributed by atoms with Crippen molar-refractivity contribution in [1.82, 2.24) is 14.5 Å². The molecule has 0 aromatic carbocycles. The maximum absolute atomic E-state index is 5.43. The lowest BCUT2D eigenvalue weighted by Gasteiger charge is -2.26. The molecule has 1 aliphatic heterocycles. The van der Waals surface area contributed by atoms with E-state index < -0.39 is 0 Å². The number of nitrogens with zero attached hydrogens (tertiary/aromatic N) is 3. The minimum Gasteiger partial charge on any atom is -0.313 e. The van der Waals surface area contributed by atoms with E-state index in [4.69, 9.17) is 5.84 Å².